The fourth-order valence-corrected chi connectivity index (χ4v) is 3.88. The standard InChI is InChI=1S/C20H33N3O3S.HI/c1-21-20(23-15-16-26-18-7-5-3-4-6-8-18)22-14-13-17-9-11-19(12-10-17)27(2,24)25;/h9-12,18H,3-8,13-16H2,1-2H3,(H2,21,22,23);1H. The van der Waals surface area contributed by atoms with Crippen LogP contribution < -0.4 is 10.6 Å². The van der Waals surface area contributed by atoms with E-state index in [-0.39, 0.29) is 24.0 Å². The van der Waals surface area contributed by atoms with Crippen LogP contribution in [0.2, 0.25) is 0 Å². The molecule has 0 aliphatic heterocycles. The first-order valence-electron chi connectivity index (χ1n) is 9.84. The fraction of sp³-hybridized carbons (Fsp3) is 0.650. The van der Waals surface area contributed by atoms with Gasteiger partial charge in [-0.25, -0.2) is 8.42 Å². The van der Waals surface area contributed by atoms with Crippen molar-refractivity contribution in [3.8, 4) is 0 Å². The highest BCUT2D eigenvalue weighted by atomic mass is 127. The Morgan fingerprint density at radius 1 is 1.07 bits per heavy atom. The third-order valence-electron chi connectivity index (χ3n) is 4.83. The van der Waals surface area contributed by atoms with E-state index < -0.39 is 9.84 Å². The van der Waals surface area contributed by atoms with E-state index in [1.54, 1.807) is 19.2 Å². The van der Waals surface area contributed by atoms with E-state index in [4.69, 9.17) is 4.74 Å². The Labute approximate surface area is 186 Å². The van der Waals surface area contributed by atoms with Gasteiger partial charge in [0.2, 0.25) is 0 Å². The second-order valence-corrected chi connectivity index (χ2v) is 9.09. The lowest BCUT2D eigenvalue weighted by Crippen LogP contribution is -2.40. The zero-order valence-corrected chi connectivity index (χ0v) is 20.1. The number of halogens is 1. The lowest BCUT2D eigenvalue weighted by Gasteiger charge is -2.16. The second-order valence-electron chi connectivity index (χ2n) is 7.08. The largest absolute Gasteiger partial charge is 0.376 e. The summed E-state index contributed by atoms with van der Waals surface area (Å²) in [5.41, 5.74) is 1.09. The Balaban J connectivity index is 0.00000392. The van der Waals surface area contributed by atoms with E-state index in [2.05, 4.69) is 15.6 Å². The van der Waals surface area contributed by atoms with Crippen molar-refractivity contribution in [3.05, 3.63) is 29.8 Å². The van der Waals surface area contributed by atoms with Crippen LogP contribution in [0.1, 0.15) is 44.1 Å². The SMILES string of the molecule is CN=C(NCCOC1CCCCCC1)NCCc1ccc(S(C)(=O)=O)cc1.I. The van der Waals surface area contributed by atoms with Gasteiger partial charge in [0.15, 0.2) is 15.8 Å². The van der Waals surface area contributed by atoms with Crippen molar-refractivity contribution < 1.29 is 13.2 Å². The monoisotopic (exact) mass is 523 g/mol. The van der Waals surface area contributed by atoms with Crippen molar-refractivity contribution in [2.24, 2.45) is 4.99 Å². The molecule has 160 valence electrons. The first-order chi connectivity index (χ1) is 13.0. The molecule has 1 aliphatic carbocycles. The molecule has 1 saturated carbocycles. The maximum Gasteiger partial charge on any atom is 0.191 e. The summed E-state index contributed by atoms with van der Waals surface area (Å²) in [7, 11) is -1.38. The van der Waals surface area contributed by atoms with Gasteiger partial charge >= 0.3 is 0 Å². The van der Waals surface area contributed by atoms with Gasteiger partial charge in [-0.15, -0.1) is 24.0 Å². The van der Waals surface area contributed by atoms with Crippen molar-refractivity contribution in [1.29, 1.82) is 0 Å². The number of guanidine groups is 1. The topological polar surface area (TPSA) is 79.8 Å². The third kappa shape index (κ3) is 9.56. The lowest BCUT2D eigenvalue weighted by atomic mass is 10.1. The van der Waals surface area contributed by atoms with E-state index in [0.29, 0.717) is 17.6 Å². The number of sulfone groups is 1. The van der Waals surface area contributed by atoms with Gasteiger partial charge in [-0.2, -0.15) is 0 Å². The maximum atomic E-state index is 11.5. The molecule has 0 atom stereocenters. The molecule has 1 fully saturated rings. The molecule has 0 saturated heterocycles. The van der Waals surface area contributed by atoms with Crippen LogP contribution >= 0.6 is 24.0 Å². The van der Waals surface area contributed by atoms with Gasteiger partial charge in [-0.1, -0.05) is 37.8 Å². The van der Waals surface area contributed by atoms with Gasteiger partial charge in [0.05, 0.1) is 17.6 Å². The zero-order valence-electron chi connectivity index (χ0n) is 16.9. The van der Waals surface area contributed by atoms with E-state index >= 15 is 0 Å². The minimum Gasteiger partial charge on any atom is -0.376 e. The summed E-state index contributed by atoms with van der Waals surface area (Å²) in [4.78, 5) is 4.58. The molecule has 0 amide bonds. The Hall–Kier alpha value is -0.870. The van der Waals surface area contributed by atoms with Crippen LogP contribution in [0.25, 0.3) is 0 Å². The Kier molecular flexibility index (Phi) is 12.0. The molecule has 8 heteroatoms. The molecule has 2 N–H and O–H groups in total. The predicted molar refractivity (Wildman–Crippen MR) is 125 cm³/mol. The molecule has 0 aromatic heterocycles. The van der Waals surface area contributed by atoms with Gasteiger partial charge in [0.25, 0.3) is 0 Å². The smallest absolute Gasteiger partial charge is 0.191 e. The van der Waals surface area contributed by atoms with Crippen molar-refractivity contribution in [2.45, 2.75) is 55.9 Å². The van der Waals surface area contributed by atoms with Gasteiger partial charge in [0.1, 0.15) is 0 Å². The number of hydrogen-bond donors (Lipinski definition) is 2. The Bertz CT molecular complexity index is 685. The molecule has 0 spiro atoms. The molecule has 0 radical (unpaired) electrons. The van der Waals surface area contributed by atoms with Gasteiger partial charge in [0, 0.05) is 26.4 Å². The van der Waals surface area contributed by atoms with Crippen LogP contribution in [0.3, 0.4) is 0 Å². The summed E-state index contributed by atoms with van der Waals surface area (Å²) < 4.78 is 28.9. The minimum atomic E-state index is -3.14. The zero-order chi connectivity index (χ0) is 19.5. The van der Waals surface area contributed by atoms with Gasteiger partial charge in [-0.3, -0.25) is 4.99 Å². The fourth-order valence-electron chi connectivity index (χ4n) is 3.25. The summed E-state index contributed by atoms with van der Waals surface area (Å²) in [5, 5.41) is 6.55. The second kappa shape index (κ2) is 13.4. The predicted octanol–water partition coefficient (Wildman–Crippen LogP) is 3.16. The van der Waals surface area contributed by atoms with Crippen molar-refractivity contribution in [2.75, 3.05) is 33.0 Å². The van der Waals surface area contributed by atoms with E-state index in [1.807, 2.05) is 12.1 Å². The molecule has 1 aromatic rings. The average Bonchev–Trinajstić information content (AvgIpc) is 2.92. The lowest BCUT2D eigenvalue weighted by molar-refractivity contribution is 0.0468. The average molecular weight is 523 g/mol. The van der Waals surface area contributed by atoms with Crippen LogP contribution in [0.4, 0.5) is 0 Å². The summed E-state index contributed by atoms with van der Waals surface area (Å²) >= 11 is 0. The quantitative estimate of drug-likeness (QED) is 0.180. The molecule has 1 aliphatic rings. The first-order valence-corrected chi connectivity index (χ1v) is 11.7. The molecule has 1 aromatic carbocycles. The summed E-state index contributed by atoms with van der Waals surface area (Å²) in [5.74, 6) is 0.757. The van der Waals surface area contributed by atoms with E-state index in [0.717, 1.165) is 31.0 Å². The molecule has 0 heterocycles. The highest BCUT2D eigenvalue weighted by Crippen LogP contribution is 2.19. The normalized spacial score (nSPS) is 16.1. The number of aliphatic imine (C=N–C) groups is 1. The Morgan fingerprint density at radius 2 is 1.68 bits per heavy atom. The highest BCUT2D eigenvalue weighted by Gasteiger charge is 2.12. The maximum absolute atomic E-state index is 11.5. The summed E-state index contributed by atoms with van der Waals surface area (Å²) in [6.07, 6.45) is 10.0. The molecular weight excluding hydrogens is 489 g/mol. The number of benzene rings is 1. The van der Waals surface area contributed by atoms with Gasteiger partial charge in [-0.05, 0) is 37.0 Å². The van der Waals surface area contributed by atoms with Crippen LogP contribution in [0.5, 0.6) is 0 Å². The van der Waals surface area contributed by atoms with Gasteiger partial charge < -0.3 is 15.4 Å². The molecular formula is C20H34IN3O3S. The van der Waals surface area contributed by atoms with Crippen LogP contribution in [-0.2, 0) is 21.0 Å². The number of hydrogen-bond acceptors (Lipinski definition) is 4. The number of nitrogens with one attached hydrogen (secondary N) is 2. The number of ether oxygens (including phenoxy) is 1. The molecule has 2 rings (SSSR count). The minimum absolute atomic E-state index is 0. The van der Waals surface area contributed by atoms with E-state index in [9.17, 15) is 8.42 Å². The summed E-state index contributed by atoms with van der Waals surface area (Å²) in [6, 6.07) is 7.02. The van der Waals surface area contributed by atoms with Crippen molar-refractivity contribution in [3.63, 3.8) is 0 Å². The van der Waals surface area contributed by atoms with Crippen molar-refractivity contribution >= 4 is 39.8 Å². The van der Waals surface area contributed by atoms with Crippen LogP contribution in [0.15, 0.2) is 34.2 Å². The first kappa shape index (κ1) is 25.2. The Morgan fingerprint density at radius 3 is 2.25 bits per heavy atom. The molecule has 0 unspecified atom stereocenters. The molecule has 0 bridgehead atoms. The number of rotatable bonds is 8. The van der Waals surface area contributed by atoms with Crippen LogP contribution in [-0.4, -0.2) is 53.5 Å². The van der Waals surface area contributed by atoms with E-state index in [1.165, 1.54) is 44.8 Å². The van der Waals surface area contributed by atoms with Crippen LogP contribution in [0, 0.1) is 0 Å². The number of nitrogens with zero attached hydrogens (tertiary/aromatic N) is 1. The third-order valence-corrected chi connectivity index (χ3v) is 5.96. The highest BCUT2D eigenvalue weighted by molar-refractivity contribution is 14.0. The summed E-state index contributed by atoms with van der Waals surface area (Å²) in [6.45, 7) is 2.15. The molecule has 6 nitrogen and oxygen atoms in total. The molecule has 28 heavy (non-hydrogen) atoms. The van der Waals surface area contributed by atoms with Crippen molar-refractivity contribution in [1.82, 2.24) is 10.6 Å².